The number of nitrogens with one attached hydrogen (secondary N) is 1. The summed E-state index contributed by atoms with van der Waals surface area (Å²) < 4.78 is 1.72. The standard InChI is InChI=1S/C20H16ClN3O/c1-13-11-17-18(22-13)23-19(15-5-3-2-4-6-15)24(20(17)25)12-14-7-9-16(21)10-8-14/h2-11,22H,12H2,1H3. The topological polar surface area (TPSA) is 50.7 Å². The third kappa shape index (κ3) is 2.96. The van der Waals surface area contributed by atoms with Gasteiger partial charge in [-0.25, -0.2) is 4.98 Å². The minimum absolute atomic E-state index is 0.0526. The van der Waals surface area contributed by atoms with E-state index in [0.717, 1.165) is 16.8 Å². The average Bonchev–Trinajstić information content (AvgIpc) is 3.00. The summed E-state index contributed by atoms with van der Waals surface area (Å²) in [5.74, 6) is 0.648. The van der Waals surface area contributed by atoms with Crippen molar-refractivity contribution >= 4 is 22.6 Å². The first kappa shape index (κ1) is 15.7. The molecule has 4 rings (SSSR count). The van der Waals surface area contributed by atoms with Crippen LogP contribution < -0.4 is 5.56 Å². The molecular formula is C20H16ClN3O. The molecule has 5 heteroatoms. The van der Waals surface area contributed by atoms with Gasteiger partial charge in [-0.15, -0.1) is 0 Å². The monoisotopic (exact) mass is 349 g/mol. The van der Waals surface area contributed by atoms with Crippen molar-refractivity contribution < 1.29 is 0 Å². The van der Waals surface area contributed by atoms with Gasteiger partial charge in [0.1, 0.15) is 11.5 Å². The Labute approximate surface area is 149 Å². The number of aromatic amines is 1. The smallest absolute Gasteiger partial charge is 0.263 e. The maximum Gasteiger partial charge on any atom is 0.263 e. The number of nitrogens with zero attached hydrogens (tertiary/aromatic N) is 2. The number of aryl methyl sites for hydroxylation is 1. The Morgan fingerprint density at radius 1 is 1.08 bits per heavy atom. The SMILES string of the molecule is Cc1cc2c(=O)n(Cc3ccc(Cl)cc3)c(-c3ccccc3)nc2[nH]1. The molecule has 0 radical (unpaired) electrons. The zero-order valence-corrected chi connectivity index (χ0v) is 14.4. The summed E-state index contributed by atoms with van der Waals surface area (Å²) in [5.41, 5.74) is 3.39. The minimum Gasteiger partial charge on any atom is -0.343 e. The van der Waals surface area contributed by atoms with Gasteiger partial charge in [-0.2, -0.15) is 0 Å². The van der Waals surface area contributed by atoms with Crippen LogP contribution in [-0.4, -0.2) is 14.5 Å². The van der Waals surface area contributed by atoms with Crippen LogP contribution in [0.2, 0.25) is 5.02 Å². The third-order valence-electron chi connectivity index (χ3n) is 4.17. The van der Waals surface area contributed by atoms with Crippen molar-refractivity contribution in [2.75, 3.05) is 0 Å². The number of hydrogen-bond acceptors (Lipinski definition) is 2. The summed E-state index contributed by atoms with van der Waals surface area (Å²) in [6.07, 6.45) is 0. The van der Waals surface area contributed by atoms with Crippen molar-refractivity contribution in [2.24, 2.45) is 0 Å². The number of H-pyrrole nitrogens is 1. The van der Waals surface area contributed by atoms with Crippen molar-refractivity contribution in [2.45, 2.75) is 13.5 Å². The molecule has 2 heterocycles. The van der Waals surface area contributed by atoms with Crippen LogP contribution in [0.25, 0.3) is 22.4 Å². The lowest BCUT2D eigenvalue weighted by Crippen LogP contribution is -2.23. The molecule has 0 fully saturated rings. The molecule has 124 valence electrons. The van der Waals surface area contributed by atoms with E-state index in [1.54, 1.807) is 4.57 Å². The summed E-state index contributed by atoms with van der Waals surface area (Å²) >= 11 is 5.97. The Balaban J connectivity index is 1.94. The lowest BCUT2D eigenvalue weighted by Gasteiger charge is -2.13. The van der Waals surface area contributed by atoms with Crippen molar-refractivity contribution in [3.05, 3.63) is 87.3 Å². The number of rotatable bonds is 3. The van der Waals surface area contributed by atoms with E-state index in [0.29, 0.717) is 28.4 Å². The van der Waals surface area contributed by atoms with Crippen LogP contribution >= 0.6 is 11.6 Å². The highest BCUT2D eigenvalue weighted by molar-refractivity contribution is 6.30. The van der Waals surface area contributed by atoms with Crippen molar-refractivity contribution in [1.29, 1.82) is 0 Å². The predicted molar refractivity (Wildman–Crippen MR) is 101 cm³/mol. The fourth-order valence-corrected chi connectivity index (χ4v) is 3.09. The van der Waals surface area contributed by atoms with Gasteiger partial charge in [-0.1, -0.05) is 54.1 Å². The van der Waals surface area contributed by atoms with E-state index < -0.39 is 0 Å². The Morgan fingerprint density at radius 2 is 1.80 bits per heavy atom. The lowest BCUT2D eigenvalue weighted by molar-refractivity contribution is 0.759. The second kappa shape index (κ2) is 6.22. The second-order valence-corrected chi connectivity index (χ2v) is 6.47. The van der Waals surface area contributed by atoms with E-state index in [4.69, 9.17) is 16.6 Å². The molecule has 4 nitrogen and oxygen atoms in total. The summed E-state index contributed by atoms with van der Waals surface area (Å²) in [5, 5.41) is 1.28. The van der Waals surface area contributed by atoms with Crippen LogP contribution in [0, 0.1) is 6.92 Å². The Hall–Kier alpha value is -2.85. The summed E-state index contributed by atoms with van der Waals surface area (Å²) in [6, 6.07) is 19.1. The van der Waals surface area contributed by atoms with Gasteiger partial charge in [0.25, 0.3) is 5.56 Å². The maximum atomic E-state index is 13.1. The molecule has 0 atom stereocenters. The summed E-state index contributed by atoms with van der Waals surface area (Å²) in [4.78, 5) is 21.0. The average molecular weight is 350 g/mol. The number of hydrogen-bond donors (Lipinski definition) is 1. The van der Waals surface area contributed by atoms with Crippen molar-refractivity contribution in [1.82, 2.24) is 14.5 Å². The fraction of sp³-hybridized carbons (Fsp3) is 0.100. The van der Waals surface area contributed by atoms with Crippen molar-refractivity contribution in [3.63, 3.8) is 0 Å². The lowest BCUT2D eigenvalue weighted by atomic mass is 10.1. The van der Waals surface area contributed by atoms with E-state index in [-0.39, 0.29) is 5.56 Å². The Morgan fingerprint density at radius 3 is 2.52 bits per heavy atom. The molecule has 4 aromatic rings. The van der Waals surface area contributed by atoms with E-state index in [2.05, 4.69) is 4.98 Å². The summed E-state index contributed by atoms with van der Waals surface area (Å²) in [7, 11) is 0. The Bertz CT molecular complexity index is 1100. The van der Waals surface area contributed by atoms with Gasteiger partial charge in [-0.05, 0) is 30.7 Å². The molecule has 0 aliphatic rings. The van der Waals surface area contributed by atoms with Crippen LogP contribution in [0.15, 0.2) is 65.5 Å². The molecule has 0 saturated heterocycles. The van der Waals surface area contributed by atoms with Crippen LogP contribution in [0.3, 0.4) is 0 Å². The first-order chi connectivity index (χ1) is 12.1. The zero-order chi connectivity index (χ0) is 17.4. The molecule has 0 amide bonds. The Kier molecular flexibility index (Phi) is 3.90. The molecule has 2 aromatic carbocycles. The first-order valence-electron chi connectivity index (χ1n) is 8.02. The first-order valence-corrected chi connectivity index (χ1v) is 8.39. The van der Waals surface area contributed by atoms with Gasteiger partial charge in [0, 0.05) is 16.3 Å². The van der Waals surface area contributed by atoms with Gasteiger partial charge >= 0.3 is 0 Å². The minimum atomic E-state index is -0.0526. The highest BCUT2D eigenvalue weighted by atomic mass is 35.5. The maximum absolute atomic E-state index is 13.1. The van der Waals surface area contributed by atoms with Crippen molar-refractivity contribution in [3.8, 4) is 11.4 Å². The molecule has 0 aliphatic heterocycles. The normalized spacial score (nSPS) is 11.1. The van der Waals surface area contributed by atoms with Gasteiger partial charge in [-0.3, -0.25) is 9.36 Å². The summed E-state index contributed by atoms with van der Waals surface area (Å²) in [6.45, 7) is 2.36. The second-order valence-electron chi connectivity index (χ2n) is 6.03. The zero-order valence-electron chi connectivity index (χ0n) is 13.7. The molecule has 0 saturated carbocycles. The molecule has 0 bridgehead atoms. The quantitative estimate of drug-likeness (QED) is 0.596. The molecule has 2 aromatic heterocycles. The molecule has 0 spiro atoms. The molecule has 0 aliphatic carbocycles. The van der Waals surface area contributed by atoms with E-state index in [1.807, 2.05) is 67.6 Å². The van der Waals surface area contributed by atoms with Crippen LogP contribution in [0.5, 0.6) is 0 Å². The van der Waals surface area contributed by atoms with Gasteiger partial charge in [0.15, 0.2) is 0 Å². The van der Waals surface area contributed by atoms with E-state index >= 15 is 0 Å². The van der Waals surface area contributed by atoms with Gasteiger partial charge < -0.3 is 4.98 Å². The largest absolute Gasteiger partial charge is 0.343 e. The highest BCUT2D eigenvalue weighted by Crippen LogP contribution is 2.20. The number of benzene rings is 2. The number of halogens is 1. The van der Waals surface area contributed by atoms with E-state index in [9.17, 15) is 4.79 Å². The fourth-order valence-electron chi connectivity index (χ4n) is 2.96. The van der Waals surface area contributed by atoms with Gasteiger partial charge in [0.2, 0.25) is 0 Å². The predicted octanol–water partition coefficient (Wildman–Crippen LogP) is 4.40. The molecule has 1 N–H and O–H groups in total. The van der Waals surface area contributed by atoms with Gasteiger partial charge in [0.05, 0.1) is 11.9 Å². The number of fused-ring (bicyclic) bond motifs is 1. The van der Waals surface area contributed by atoms with Crippen LogP contribution in [0.1, 0.15) is 11.3 Å². The highest BCUT2D eigenvalue weighted by Gasteiger charge is 2.14. The number of aromatic nitrogens is 3. The molecule has 25 heavy (non-hydrogen) atoms. The van der Waals surface area contributed by atoms with Crippen LogP contribution in [-0.2, 0) is 6.54 Å². The van der Waals surface area contributed by atoms with Crippen LogP contribution in [0.4, 0.5) is 0 Å². The third-order valence-corrected chi connectivity index (χ3v) is 4.42. The molecule has 0 unspecified atom stereocenters. The van der Waals surface area contributed by atoms with E-state index in [1.165, 1.54) is 0 Å². The molecular weight excluding hydrogens is 334 g/mol.